The van der Waals surface area contributed by atoms with Crippen LogP contribution in [0.2, 0.25) is 0 Å². The minimum Gasteiger partial charge on any atom is -0.0616 e. The first-order chi connectivity index (χ1) is 50.6. The highest BCUT2D eigenvalue weighted by molar-refractivity contribution is 6.32. The third-order valence-corrected chi connectivity index (χ3v) is 22.3. The molecule has 0 N–H and O–H groups in total. The van der Waals surface area contributed by atoms with E-state index in [4.69, 9.17) is 0 Å². The zero-order valence-electron chi connectivity index (χ0n) is 55.8. The maximum absolute atomic E-state index is 2.50. The average molecular weight is 1290 g/mol. The van der Waals surface area contributed by atoms with Crippen LogP contribution < -0.4 is 0 Å². The molecule has 0 aliphatic heterocycles. The lowest BCUT2D eigenvalue weighted by Gasteiger charge is -2.20. The summed E-state index contributed by atoms with van der Waals surface area (Å²) in [7, 11) is 0. The van der Waals surface area contributed by atoms with Crippen LogP contribution in [0.1, 0.15) is 0 Å². The molecule has 0 aliphatic carbocycles. The number of hydrogen-bond acceptors (Lipinski definition) is 0. The maximum atomic E-state index is 2.50. The average Bonchev–Trinajstić information content (AvgIpc) is 0.850. The topological polar surface area (TPSA) is 0 Å². The summed E-state index contributed by atoms with van der Waals surface area (Å²) < 4.78 is 0. The van der Waals surface area contributed by atoms with Gasteiger partial charge >= 0.3 is 0 Å². The van der Waals surface area contributed by atoms with E-state index in [1.54, 1.807) is 0 Å². The van der Waals surface area contributed by atoms with Gasteiger partial charge in [-0.3, -0.25) is 0 Å². The van der Waals surface area contributed by atoms with E-state index >= 15 is 0 Å². The lowest BCUT2D eigenvalue weighted by molar-refractivity contribution is 1.54. The molecule has 0 saturated heterocycles. The molecule has 21 aromatic carbocycles. The summed E-state index contributed by atoms with van der Waals surface area (Å²) in [5.74, 6) is 0. The molecular weight excluding hydrogens is 1230 g/mol. The number of rotatable bonds is 8. The Balaban J connectivity index is 0.779. The van der Waals surface area contributed by atoms with Gasteiger partial charge in [0.1, 0.15) is 0 Å². The Morgan fingerprint density at radius 1 is 0.0882 bits per heavy atom. The molecule has 0 fully saturated rings. The smallest absolute Gasteiger partial charge is 0.00204 e. The highest BCUT2D eigenvalue weighted by Gasteiger charge is 2.22. The summed E-state index contributed by atoms with van der Waals surface area (Å²) in [6.07, 6.45) is 0. The van der Waals surface area contributed by atoms with Gasteiger partial charge in [-0.25, -0.2) is 0 Å². The highest BCUT2D eigenvalue weighted by atomic mass is 14.3. The van der Waals surface area contributed by atoms with Gasteiger partial charge < -0.3 is 0 Å². The van der Waals surface area contributed by atoms with E-state index in [0.29, 0.717) is 0 Å². The molecule has 0 radical (unpaired) electrons. The third kappa shape index (κ3) is 8.96. The molecule has 21 rings (SSSR count). The zero-order valence-corrected chi connectivity index (χ0v) is 55.8. The van der Waals surface area contributed by atoms with Crippen molar-refractivity contribution in [2.45, 2.75) is 0 Å². The second-order valence-electron chi connectivity index (χ2n) is 27.5. The van der Waals surface area contributed by atoms with Crippen LogP contribution in [-0.4, -0.2) is 0 Å². The molecule has 0 aliphatic rings. The predicted octanol–water partition coefficient (Wildman–Crippen LogP) is 28.9. The summed E-state index contributed by atoms with van der Waals surface area (Å²) in [6.45, 7) is 0. The van der Waals surface area contributed by atoms with Gasteiger partial charge in [0, 0.05) is 0 Å². The number of benzene rings is 21. The van der Waals surface area contributed by atoms with E-state index in [0.717, 1.165) is 44.5 Å². The van der Waals surface area contributed by atoms with Crippen molar-refractivity contribution in [3.8, 4) is 89.0 Å². The van der Waals surface area contributed by atoms with Crippen molar-refractivity contribution < 1.29 is 0 Å². The largest absolute Gasteiger partial charge is 0.0616 e. The van der Waals surface area contributed by atoms with Gasteiger partial charge in [-0.15, -0.1) is 0 Å². The fourth-order valence-corrected chi connectivity index (χ4v) is 17.7. The van der Waals surface area contributed by atoms with Crippen molar-refractivity contribution in [3.05, 3.63) is 376 Å². The van der Waals surface area contributed by atoms with Gasteiger partial charge in [0.15, 0.2) is 0 Å². The molecule has 0 unspecified atom stereocenters. The van der Waals surface area contributed by atoms with Gasteiger partial charge in [-0.05, 0) is 230 Å². The van der Waals surface area contributed by atoms with Crippen molar-refractivity contribution in [1.29, 1.82) is 0 Å². The molecule has 0 spiro atoms. The Labute approximate surface area is 590 Å². The van der Waals surface area contributed by atoms with E-state index < -0.39 is 0 Å². The van der Waals surface area contributed by atoms with Crippen molar-refractivity contribution >= 4 is 129 Å². The first-order valence-corrected chi connectivity index (χ1v) is 35.5. The molecule has 470 valence electrons. The summed E-state index contributed by atoms with van der Waals surface area (Å²) in [5, 5.41) is 30.5. The summed E-state index contributed by atoms with van der Waals surface area (Å²) in [5.41, 5.74) is 18.8. The van der Waals surface area contributed by atoms with Crippen LogP contribution in [0.5, 0.6) is 0 Å². The van der Waals surface area contributed by atoms with E-state index in [9.17, 15) is 0 Å². The predicted molar refractivity (Wildman–Crippen MR) is 440 cm³/mol. The van der Waals surface area contributed by atoms with Crippen LogP contribution in [0, 0.1) is 0 Å². The Kier molecular flexibility index (Phi) is 13.1. The molecule has 0 nitrogen and oxygen atoms in total. The normalized spacial score (nSPS) is 11.9. The fraction of sp³-hybridized carbons (Fsp3) is 0. The van der Waals surface area contributed by atoms with Crippen LogP contribution in [-0.2, 0) is 0 Å². The van der Waals surface area contributed by atoms with Crippen LogP contribution >= 0.6 is 0 Å². The minimum absolute atomic E-state index is 1.14. The van der Waals surface area contributed by atoms with Gasteiger partial charge in [0.05, 0.1) is 0 Å². The third-order valence-electron chi connectivity index (χ3n) is 22.3. The Morgan fingerprint density at radius 3 is 0.363 bits per heavy atom. The van der Waals surface area contributed by atoms with Crippen LogP contribution in [0.15, 0.2) is 376 Å². The van der Waals surface area contributed by atoms with Crippen molar-refractivity contribution in [3.63, 3.8) is 0 Å². The molecule has 0 saturated carbocycles. The molecule has 102 heavy (non-hydrogen) atoms. The summed E-state index contributed by atoms with van der Waals surface area (Å²) >= 11 is 0. The molecule has 0 amide bonds. The molecule has 0 aromatic heterocycles. The van der Waals surface area contributed by atoms with Crippen molar-refractivity contribution in [2.75, 3.05) is 0 Å². The van der Waals surface area contributed by atoms with Crippen molar-refractivity contribution in [1.82, 2.24) is 0 Å². The summed E-state index contributed by atoms with van der Waals surface area (Å²) in [6, 6.07) is 141. The second-order valence-corrected chi connectivity index (χ2v) is 27.5. The number of hydrogen-bond donors (Lipinski definition) is 0. The maximum Gasteiger partial charge on any atom is -0.00204 e. The Bertz CT molecular complexity index is 6030. The van der Waals surface area contributed by atoms with E-state index in [1.807, 2.05) is 0 Å². The van der Waals surface area contributed by atoms with E-state index in [-0.39, 0.29) is 0 Å². The van der Waals surface area contributed by atoms with Gasteiger partial charge in [0.2, 0.25) is 0 Å². The molecule has 0 heteroatoms. The first-order valence-electron chi connectivity index (χ1n) is 35.5. The first kappa shape index (κ1) is 57.8. The van der Waals surface area contributed by atoms with Crippen LogP contribution in [0.3, 0.4) is 0 Å². The molecule has 21 aromatic rings. The fourth-order valence-electron chi connectivity index (χ4n) is 17.7. The van der Waals surface area contributed by atoms with Crippen molar-refractivity contribution in [2.24, 2.45) is 0 Å². The highest BCUT2D eigenvalue weighted by Crippen LogP contribution is 2.49. The van der Waals surface area contributed by atoms with E-state index in [2.05, 4.69) is 376 Å². The van der Waals surface area contributed by atoms with Gasteiger partial charge in [0.25, 0.3) is 0 Å². The Hall–Kier alpha value is -13.3. The van der Waals surface area contributed by atoms with Gasteiger partial charge in [-0.1, -0.05) is 364 Å². The quantitative estimate of drug-likeness (QED) is 0.133. The summed E-state index contributed by atoms with van der Waals surface area (Å²) in [4.78, 5) is 0. The molecule has 0 bridgehead atoms. The standard InChI is InChI=1S/C102H62/c1-5-25-83-75(21-1)79-29-9-13-33-87(79)99-71(37-17-41-91(83)99)63-45-53-67(54-46-63)95-61-97(69-57-49-65(50-58-69)73-39-19-43-93-85-27-7-3-23-77(85)81-31-11-15-35-89(81)101(73)93)98(70-59-51-66(52-60-70)74-40-20-44-94-86-28-8-4-24-78(86)82-32-12-16-36-90(82)102(74)94)62-96(95)68-55-47-64(48-56-68)72-38-18-42-92-84-26-6-2-22-76(84)80-30-10-14-34-88(80)100(72)92/h1-62H. The lowest BCUT2D eigenvalue weighted by Crippen LogP contribution is -1.94. The van der Waals surface area contributed by atoms with Crippen LogP contribution in [0.25, 0.3) is 218 Å². The molecule has 0 heterocycles. The number of fused-ring (bicyclic) bond motifs is 24. The van der Waals surface area contributed by atoms with E-state index in [1.165, 1.54) is 174 Å². The molecule has 0 atom stereocenters. The minimum atomic E-state index is 1.14. The zero-order chi connectivity index (χ0) is 66.9. The lowest BCUT2D eigenvalue weighted by atomic mass is 9.83. The molecular formula is C102H62. The van der Waals surface area contributed by atoms with Gasteiger partial charge in [-0.2, -0.15) is 0 Å². The monoisotopic (exact) mass is 1290 g/mol. The Morgan fingerprint density at radius 2 is 0.206 bits per heavy atom. The SMILES string of the molecule is c1ccc2c(c1)c1ccccc1c1c(-c3ccc(-c4cc(-c5ccc(-c6cccc7c8ccccc8c8ccccc8c67)cc5)c(-c5ccc(-c6cccc7c8ccccc8c8ccccc8c67)cc5)cc4-c4ccc(-c5cccc6c7ccccc7c7ccccc7c56)cc4)cc3)cccc21. The second kappa shape index (κ2) is 23.2. The van der Waals surface area contributed by atoms with Crippen LogP contribution in [0.4, 0.5) is 0 Å².